The van der Waals surface area contributed by atoms with Gasteiger partial charge in [0, 0.05) is 0 Å². The number of carbonyl (C=O) groups is 1. The second-order valence-electron chi connectivity index (χ2n) is 1.98. The molecule has 0 aliphatic carbocycles. The van der Waals surface area contributed by atoms with Crippen molar-refractivity contribution in [3.8, 4) is 0 Å². The lowest BCUT2D eigenvalue weighted by Gasteiger charge is -1.89. The normalized spacial score (nSPS) is 11.2. The molecule has 6 heteroatoms. The van der Waals surface area contributed by atoms with E-state index in [1.54, 1.807) is 6.92 Å². The summed E-state index contributed by atoms with van der Waals surface area (Å²) in [5, 5.41) is 0. The van der Waals surface area contributed by atoms with Crippen molar-refractivity contribution in [2.75, 3.05) is 0 Å². The van der Waals surface area contributed by atoms with Gasteiger partial charge >= 0.3 is 0 Å². The molecule has 0 bridgehead atoms. The zero-order chi connectivity index (χ0) is 11.1. The van der Waals surface area contributed by atoms with Gasteiger partial charge in [-0.3, -0.25) is 9.35 Å². The summed E-state index contributed by atoms with van der Waals surface area (Å²) in [6, 6.07) is 0. The number of carbonyl (C=O) groups excluding carboxylic acids is 1. The number of nitrogens with two attached hydrogens (primary N) is 1. The summed E-state index contributed by atoms with van der Waals surface area (Å²) in [4.78, 5) is 9.46. The predicted molar refractivity (Wildman–Crippen MR) is 50.4 cm³/mol. The van der Waals surface area contributed by atoms with Crippen molar-refractivity contribution in [2.24, 2.45) is 5.73 Å². The predicted octanol–water partition coefficient (Wildman–Crippen LogP) is 0.456. The van der Waals surface area contributed by atoms with E-state index in [-0.39, 0.29) is 4.91 Å². The number of allylic oxidation sites excluding steroid dienone is 2. The van der Waals surface area contributed by atoms with Crippen molar-refractivity contribution in [1.82, 2.24) is 0 Å². The lowest BCUT2D eigenvalue weighted by molar-refractivity contribution is -0.113. The van der Waals surface area contributed by atoms with Crippen LogP contribution in [0, 0.1) is 0 Å². The smallest absolute Gasteiger partial charge is 0.290 e. The van der Waals surface area contributed by atoms with Crippen LogP contribution >= 0.6 is 0 Å². The lowest BCUT2D eigenvalue weighted by Crippen LogP contribution is -2.04. The summed E-state index contributed by atoms with van der Waals surface area (Å²) in [6.07, 6.45) is 2.38. The monoisotopic (exact) mass is 207 g/mol. The van der Waals surface area contributed by atoms with Crippen LogP contribution in [0.15, 0.2) is 23.6 Å². The number of amides is 1. The molecule has 0 rings (SSSR count). The molecule has 0 aromatic heterocycles. The number of primary amides is 1. The molecule has 0 radical (unpaired) electrons. The van der Waals surface area contributed by atoms with E-state index >= 15 is 0 Å². The van der Waals surface area contributed by atoms with Gasteiger partial charge in [-0.1, -0.05) is 12.7 Å². The van der Waals surface area contributed by atoms with Gasteiger partial charge in [0.15, 0.2) is 0 Å². The van der Waals surface area contributed by atoms with Gasteiger partial charge in [-0.25, -0.2) is 0 Å². The van der Waals surface area contributed by atoms with Gasteiger partial charge in [0.05, 0.1) is 4.91 Å². The highest BCUT2D eigenvalue weighted by Crippen LogP contribution is 1.99. The number of rotatable bonds is 2. The van der Waals surface area contributed by atoms with Crippen molar-refractivity contribution in [3.05, 3.63) is 23.6 Å². The van der Waals surface area contributed by atoms with Crippen LogP contribution in [-0.2, 0) is 14.9 Å². The first-order chi connectivity index (χ1) is 5.75. The second kappa shape index (κ2) is 6.38. The molecular weight excluding hydrogens is 194 g/mol. The molecule has 0 aromatic carbocycles. The molecule has 13 heavy (non-hydrogen) atoms. The fourth-order valence-corrected chi connectivity index (χ4v) is 0.447. The van der Waals surface area contributed by atoms with Crippen molar-refractivity contribution in [2.45, 2.75) is 13.8 Å². The van der Waals surface area contributed by atoms with Crippen LogP contribution in [0.3, 0.4) is 0 Å². The van der Waals surface area contributed by atoms with Gasteiger partial charge in [0.25, 0.3) is 10.1 Å². The Morgan fingerprint density at radius 1 is 1.54 bits per heavy atom. The van der Waals surface area contributed by atoms with E-state index < -0.39 is 16.0 Å². The maximum atomic E-state index is 10.0. The first-order valence-corrected chi connectivity index (χ1v) is 4.72. The third kappa shape index (κ3) is 10.9. The minimum atomic E-state index is -3.89. The minimum Gasteiger partial charge on any atom is -0.366 e. The first kappa shape index (κ1) is 14.4. The highest BCUT2D eigenvalue weighted by Gasteiger charge is 2.03. The Morgan fingerprint density at radius 3 is 1.85 bits per heavy atom. The molecule has 1 amide bonds. The Bertz CT molecular complexity index is 302. The molecule has 0 aliphatic heterocycles. The van der Waals surface area contributed by atoms with Gasteiger partial charge in [-0.15, -0.1) is 0 Å². The van der Waals surface area contributed by atoms with E-state index in [1.807, 2.05) is 0 Å². The zero-order valence-electron chi connectivity index (χ0n) is 7.52. The van der Waals surface area contributed by atoms with Crippen LogP contribution in [0.5, 0.6) is 0 Å². The highest BCUT2D eigenvalue weighted by atomic mass is 32.2. The topological polar surface area (TPSA) is 97.5 Å². The SMILES string of the molecule is C=CC(N)=O.CC=C(C)S(=O)(=O)O. The van der Waals surface area contributed by atoms with E-state index in [9.17, 15) is 13.2 Å². The molecule has 0 saturated carbocycles. The summed E-state index contributed by atoms with van der Waals surface area (Å²) in [5.74, 6) is -0.481. The Balaban J connectivity index is 0. The van der Waals surface area contributed by atoms with Crippen LogP contribution in [0.1, 0.15) is 13.8 Å². The second-order valence-corrected chi connectivity index (χ2v) is 3.57. The van der Waals surface area contributed by atoms with E-state index in [4.69, 9.17) is 4.55 Å². The molecular formula is C7H13NO4S. The van der Waals surface area contributed by atoms with Crippen LogP contribution < -0.4 is 5.73 Å². The van der Waals surface area contributed by atoms with Crippen LogP contribution in [0.25, 0.3) is 0 Å². The Morgan fingerprint density at radius 2 is 1.85 bits per heavy atom. The van der Waals surface area contributed by atoms with E-state index in [2.05, 4.69) is 12.3 Å². The van der Waals surface area contributed by atoms with Crippen molar-refractivity contribution in [1.29, 1.82) is 0 Å². The Kier molecular flexibility index (Phi) is 7.07. The maximum Gasteiger partial charge on any atom is 0.290 e. The first-order valence-electron chi connectivity index (χ1n) is 3.28. The van der Waals surface area contributed by atoms with Crippen LogP contribution in [0.2, 0.25) is 0 Å². The standard InChI is InChI=1S/C4H8O3S.C3H5NO/c1-3-4(2)8(5,6)7;1-2-3(4)5/h3H,1-2H3,(H,5,6,7);2H,1H2,(H2,4,5). The molecule has 3 N–H and O–H groups in total. The quantitative estimate of drug-likeness (QED) is 0.507. The minimum absolute atomic E-state index is 0.0162. The van der Waals surface area contributed by atoms with Crippen molar-refractivity contribution >= 4 is 16.0 Å². The maximum absolute atomic E-state index is 10.0. The van der Waals surface area contributed by atoms with E-state index in [0.29, 0.717) is 0 Å². The molecule has 0 atom stereocenters. The average Bonchev–Trinajstić information content (AvgIpc) is 2.02. The summed E-state index contributed by atoms with van der Waals surface area (Å²) in [5.41, 5.74) is 4.53. The van der Waals surface area contributed by atoms with Gasteiger partial charge in [0.2, 0.25) is 5.91 Å². The molecule has 0 spiro atoms. The van der Waals surface area contributed by atoms with Crippen molar-refractivity contribution in [3.63, 3.8) is 0 Å². The largest absolute Gasteiger partial charge is 0.366 e. The summed E-state index contributed by atoms with van der Waals surface area (Å²) in [6.45, 7) is 5.96. The zero-order valence-corrected chi connectivity index (χ0v) is 8.34. The highest BCUT2D eigenvalue weighted by molar-refractivity contribution is 7.89. The number of hydrogen-bond donors (Lipinski definition) is 2. The Hall–Kier alpha value is -1.14. The summed E-state index contributed by atoms with van der Waals surface area (Å²) < 4.78 is 28.3. The van der Waals surface area contributed by atoms with E-state index in [1.165, 1.54) is 13.0 Å². The third-order valence-corrected chi connectivity index (χ3v) is 2.06. The van der Waals surface area contributed by atoms with Gasteiger partial charge in [-0.05, 0) is 19.9 Å². The molecule has 0 unspecified atom stereocenters. The molecule has 0 aromatic rings. The van der Waals surface area contributed by atoms with Gasteiger partial charge in [-0.2, -0.15) is 8.42 Å². The van der Waals surface area contributed by atoms with Crippen LogP contribution in [0.4, 0.5) is 0 Å². The third-order valence-electron chi connectivity index (χ3n) is 1.01. The molecule has 5 nitrogen and oxygen atoms in total. The molecule has 0 saturated heterocycles. The molecule has 0 aliphatic rings. The summed E-state index contributed by atoms with van der Waals surface area (Å²) in [7, 11) is -3.89. The molecule has 0 fully saturated rings. The fourth-order valence-electron chi connectivity index (χ4n) is 0.149. The van der Waals surface area contributed by atoms with Crippen molar-refractivity contribution < 1.29 is 17.8 Å². The van der Waals surface area contributed by atoms with Gasteiger partial charge < -0.3 is 5.73 Å². The fraction of sp³-hybridized carbons (Fsp3) is 0.286. The Labute approximate surface area is 77.7 Å². The van der Waals surface area contributed by atoms with Gasteiger partial charge in [0.1, 0.15) is 0 Å². The average molecular weight is 207 g/mol. The summed E-state index contributed by atoms with van der Waals surface area (Å²) >= 11 is 0. The number of hydrogen-bond acceptors (Lipinski definition) is 3. The molecule has 0 heterocycles. The lowest BCUT2D eigenvalue weighted by atomic mass is 10.6. The van der Waals surface area contributed by atoms with Crippen LogP contribution in [-0.4, -0.2) is 18.9 Å². The molecule has 76 valence electrons. The van der Waals surface area contributed by atoms with E-state index in [0.717, 1.165) is 6.08 Å².